The van der Waals surface area contributed by atoms with E-state index in [4.69, 9.17) is 0 Å². The van der Waals surface area contributed by atoms with Crippen molar-refractivity contribution in [2.45, 2.75) is 43.9 Å². The third-order valence-electron chi connectivity index (χ3n) is 13.7. The summed E-state index contributed by atoms with van der Waals surface area (Å²) in [5.41, 5.74) is 24.5. The zero-order chi connectivity index (χ0) is 39.6. The SMILES string of the molecule is C1=C2C(=CCC1)C1(c3ccccc32)c2ccccc2-c2cc(-c3ccc4c(c3)CCCC4)c(N(c3ccc(-c4ccccc4)cc3)c3ccc(-c4ccccc4)cc3)cc21. The highest BCUT2D eigenvalue weighted by Gasteiger charge is 2.54. The summed E-state index contributed by atoms with van der Waals surface area (Å²) >= 11 is 0. The first kappa shape index (κ1) is 35.0. The summed E-state index contributed by atoms with van der Waals surface area (Å²) in [5.74, 6) is 0. The van der Waals surface area contributed by atoms with Crippen LogP contribution in [0, 0.1) is 0 Å². The van der Waals surface area contributed by atoms with Crippen LogP contribution in [0.25, 0.3) is 50.1 Å². The van der Waals surface area contributed by atoms with Gasteiger partial charge in [0.15, 0.2) is 0 Å². The molecular formula is C59H45N. The number of hydrogen-bond donors (Lipinski definition) is 0. The second kappa shape index (κ2) is 14.1. The topological polar surface area (TPSA) is 3.24 Å². The first-order valence-corrected chi connectivity index (χ1v) is 21.8. The van der Waals surface area contributed by atoms with Crippen LogP contribution in [-0.2, 0) is 18.3 Å². The van der Waals surface area contributed by atoms with Crippen LogP contribution in [0.4, 0.5) is 17.1 Å². The van der Waals surface area contributed by atoms with E-state index in [2.05, 4.69) is 205 Å². The number of hydrogen-bond acceptors (Lipinski definition) is 1. The van der Waals surface area contributed by atoms with Crippen LogP contribution in [-0.4, -0.2) is 0 Å². The number of aryl methyl sites for hydroxylation is 2. The number of benzene rings is 8. The third-order valence-corrected chi connectivity index (χ3v) is 13.7. The molecule has 0 saturated carbocycles. The van der Waals surface area contributed by atoms with Gasteiger partial charge in [0.1, 0.15) is 0 Å². The van der Waals surface area contributed by atoms with Crippen molar-refractivity contribution in [3.05, 3.63) is 239 Å². The van der Waals surface area contributed by atoms with Gasteiger partial charge >= 0.3 is 0 Å². The van der Waals surface area contributed by atoms with Crippen molar-refractivity contribution < 1.29 is 0 Å². The van der Waals surface area contributed by atoms with Crippen molar-refractivity contribution in [1.29, 1.82) is 0 Å². The first-order valence-electron chi connectivity index (χ1n) is 21.8. The summed E-state index contributed by atoms with van der Waals surface area (Å²) in [6.07, 6.45) is 12.0. The highest BCUT2D eigenvalue weighted by Crippen LogP contribution is 2.65. The summed E-state index contributed by atoms with van der Waals surface area (Å²) in [4.78, 5) is 2.53. The van der Waals surface area contributed by atoms with E-state index in [1.807, 2.05) is 0 Å². The molecule has 8 aromatic carbocycles. The van der Waals surface area contributed by atoms with Crippen LogP contribution in [0.1, 0.15) is 59.1 Å². The molecule has 0 bridgehead atoms. The minimum atomic E-state index is -0.405. The lowest BCUT2D eigenvalue weighted by molar-refractivity contribution is 0.686. The molecule has 1 spiro atoms. The molecule has 60 heavy (non-hydrogen) atoms. The molecule has 286 valence electrons. The maximum absolute atomic E-state index is 2.59. The van der Waals surface area contributed by atoms with E-state index in [-0.39, 0.29) is 0 Å². The summed E-state index contributed by atoms with van der Waals surface area (Å²) < 4.78 is 0. The van der Waals surface area contributed by atoms with Crippen molar-refractivity contribution in [3.63, 3.8) is 0 Å². The van der Waals surface area contributed by atoms with Gasteiger partial charge in [-0.3, -0.25) is 0 Å². The van der Waals surface area contributed by atoms with Crippen LogP contribution in [0.15, 0.2) is 206 Å². The lowest BCUT2D eigenvalue weighted by Gasteiger charge is -2.34. The van der Waals surface area contributed by atoms with E-state index in [0.29, 0.717) is 0 Å². The maximum Gasteiger partial charge on any atom is 0.0723 e. The van der Waals surface area contributed by atoms with Gasteiger partial charge in [-0.15, -0.1) is 0 Å². The summed E-state index contributed by atoms with van der Waals surface area (Å²) in [6.45, 7) is 0. The average Bonchev–Trinajstić information content (AvgIpc) is 3.79. The smallest absolute Gasteiger partial charge is 0.0723 e. The second-order valence-corrected chi connectivity index (χ2v) is 16.9. The highest BCUT2D eigenvalue weighted by atomic mass is 15.1. The molecule has 0 radical (unpaired) electrons. The Kier molecular flexibility index (Phi) is 8.23. The molecule has 1 heteroatoms. The van der Waals surface area contributed by atoms with Crippen LogP contribution in [0.5, 0.6) is 0 Å². The van der Waals surface area contributed by atoms with Crippen LogP contribution < -0.4 is 4.90 Å². The fraction of sp³-hybridized carbons (Fsp3) is 0.119. The normalized spacial score (nSPS) is 16.9. The van der Waals surface area contributed by atoms with Gasteiger partial charge in [-0.05, 0) is 158 Å². The Hall–Kier alpha value is -6.96. The van der Waals surface area contributed by atoms with Gasteiger partial charge in [-0.25, -0.2) is 0 Å². The molecule has 0 fully saturated rings. The molecule has 12 rings (SSSR count). The van der Waals surface area contributed by atoms with E-state index in [1.165, 1.54) is 114 Å². The van der Waals surface area contributed by atoms with Crippen LogP contribution in [0.3, 0.4) is 0 Å². The number of anilines is 3. The molecule has 1 unspecified atom stereocenters. The van der Waals surface area contributed by atoms with Crippen LogP contribution >= 0.6 is 0 Å². The zero-order valence-electron chi connectivity index (χ0n) is 33.7. The fourth-order valence-corrected chi connectivity index (χ4v) is 11.0. The van der Waals surface area contributed by atoms with Gasteiger partial charge in [-0.2, -0.15) is 0 Å². The van der Waals surface area contributed by atoms with E-state index in [0.717, 1.165) is 30.6 Å². The number of nitrogens with zero attached hydrogens (tertiary/aromatic N) is 1. The van der Waals surface area contributed by atoms with Gasteiger partial charge < -0.3 is 4.90 Å². The van der Waals surface area contributed by atoms with Crippen molar-refractivity contribution in [1.82, 2.24) is 0 Å². The Morgan fingerprint density at radius 3 is 1.57 bits per heavy atom. The minimum Gasteiger partial charge on any atom is -0.310 e. The quantitative estimate of drug-likeness (QED) is 0.163. The zero-order valence-corrected chi connectivity index (χ0v) is 33.7. The molecule has 1 atom stereocenters. The van der Waals surface area contributed by atoms with Gasteiger partial charge in [0.25, 0.3) is 0 Å². The van der Waals surface area contributed by atoms with E-state index >= 15 is 0 Å². The van der Waals surface area contributed by atoms with Crippen molar-refractivity contribution >= 4 is 22.6 Å². The van der Waals surface area contributed by atoms with Crippen molar-refractivity contribution in [2.75, 3.05) is 4.90 Å². The molecule has 0 N–H and O–H groups in total. The average molecular weight is 768 g/mol. The third kappa shape index (κ3) is 5.39. The standard InChI is InChI=1S/C59H45N/c1-3-15-40(16-4-1)43-29-33-47(34-30-43)60(48-35-31-44(32-36-48)41-17-5-2-6-18-41)58-39-57-53(38-52(58)46-28-27-42-19-7-8-20-45(42)37-46)51-23-11-14-26-56(51)59(57)54-24-12-9-21-49(54)50-22-10-13-25-55(50)59/h1-6,9,11-12,14-18,21-39H,7-8,10,13,19-20H2. The molecule has 0 heterocycles. The lowest BCUT2D eigenvalue weighted by atomic mass is 9.69. The van der Waals surface area contributed by atoms with Crippen molar-refractivity contribution in [3.8, 4) is 44.5 Å². The minimum absolute atomic E-state index is 0.405. The number of fused-ring (bicyclic) bond motifs is 11. The Balaban J connectivity index is 1.15. The maximum atomic E-state index is 2.59. The Morgan fingerprint density at radius 1 is 0.367 bits per heavy atom. The molecule has 4 aliphatic carbocycles. The highest BCUT2D eigenvalue weighted by molar-refractivity contribution is 6.03. The molecule has 0 amide bonds. The summed E-state index contributed by atoms with van der Waals surface area (Å²) in [7, 11) is 0. The predicted molar refractivity (Wildman–Crippen MR) is 251 cm³/mol. The van der Waals surface area contributed by atoms with E-state index in [1.54, 1.807) is 0 Å². The van der Waals surface area contributed by atoms with E-state index in [9.17, 15) is 0 Å². The second-order valence-electron chi connectivity index (χ2n) is 16.9. The molecule has 4 aliphatic rings. The summed E-state index contributed by atoms with van der Waals surface area (Å²) in [6, 6.07) is 70.8. The molecule has 8 aromatic rings. The number of allylic oxidation sites excluding steroid dienone is 4. The molecule has 1 nitrogen and oxygen atoms in total. The predicted octanol–water partition coefficient (Wildman–Crippen LogP) is 15.5. The fourth-order valence-electron chi connectivity index (χ4n) is 11.0. The lowest BCUT2D eigenvalue weighted by Crippen LogP contribution is -2.27. The van der Waals surface area contributed by atoms with Crippen LogP contribution in [0.2, 0.25) is 0 Å². The van der Waals surface area contributed by atoms with E-state index < -0.39 is 5.41 Å². The molecule has 0 saturated heterocycles. The Labute approximate surface area is 353 Å². The Morgan fingerprint density at radius 2 is 0.900 bits per heavy atom. The summed E-state index contributed by atoms with van der Waals surface area (Å²) in [5, 5.41) is 0. The largest absolute Gasteiger partial charge is 0.310 e. The Bertz CT molecular complexity index is 2920. The monoisotopic (exact) mass is 767 g/mol. The first-order chi connectivity index (χ1) is 29.8. The van der Waals surface area contributed by atoms with Gasteiger partial charge in [0, 0.05) is 16.9 Å². The van der Waals surface area contributed by atoms with Gasteiger partial charge in [0.05, 0.1) is 11.1 Å². The number of rotatable bonds is 6. The van der Waals surface area contributed by atoms with Crippen molar-refractivity contribution in [2.24, 2.45) is 0 Å². The molecular weight excluding hydrogens is 723 g/mol. The molecule has 0 aromatic heterocycles. The van der Waals surface area contributed by atoms with Gasteiger partial charge in [-0.1, -0.05) is 164 Å². The van der Waals surface area contributed by atoms with Gasteiger partial charge in [0.2, 0.25) is 0 Å². The molecule has 0 aliphatic heterocycles.